The Morgan fingerprint density at radius 1 is 1.08 bits per heavy atom. The number of carboxylic acid groups (broad SMARTS) is 1. The van der Waals surface area contributed by atoms with E-state index in [1.54, 1.807) is 7.05 Å². The first kappa shape index (κ1) is 28.8. The molecule has 0 unspecified atom stereocenters. The molecular formula is C29H37N3O6S. The molecule has 0 radical (unpaired) electrons. The lowest BCUT2D eigenvalue weighted by atomic mass is 10.0. The number of aliphatic carboxylic acids is 1. The third kappa shape index (κ3) is 7.45. The molecule has 1 aliphatic rings. The number of carbonyl (C=O) groups excluding carboxylic acids is 1. The Morgan fingerprint density at radius 2 is 1.74 bits per heavy atom. The van der Waals surface area contributed by atoms with Crippen LogP contribution in [0.4, 0.5) is 0 Å². The molecule has 2 N–H and O–H groups in total. The van der Waals surface area contributed by atoms with Crippen molar-refractivity contribution in [3.63, 3.8) is 0 Å². The molecule has 1 saturated carbocycles. The SMILES string of the molecule is CNC(=O)c1c(-c2ccc(C)cc2)oc2nc(CN(CCCCCCCCC(=O)O)[SH](=O)=O)c(C3CC3)cc12. The number of fused-ring (bicyclic) bond motifs is 1. The van der Waals surface area contributed by atoms with Gasteiger partial charge >= 0.3 is 5.97 Å². The summed E-state index contributed by atoms with van der Waals surface area (Å²) in [6, 6.07) is 9.72. The summed E-state index contributed by atoms with van der Waals surface area (Å²) in [6.45, 7) is 2.55. The fourth-order valence-electron chi connectivity index (χ4n) is 4.88. The van der Waals surface area contributed by atoms with Crippen LogP contribution in [0.5, 0.6) is 0 Å². The van der Waals surface area contributed by atoms with Gasteiger partial charge in [0.2, 0.25) is 16.6 Å². The first-order valence-electron chi connectivity index (χ1n) is 13.6. The Labute approximate surface area is 230 Å². The first-order chi connectivity index (χ1) is 18.8. The molecule has 1 aromatic carbocycles. The van der Waals surface area contributed by atoms with Gasteiger partial charge in [-0.1, -0.05) is 55.5 Å². The van der Waals surface area contributed by atoms with Crippen LogP contribution in [0, 0.1) is 6.92 Å². The number of unbranched alkanes of at least 4 members (excludes halogenated alkanes) is 5. The van der Waals surface area contributed by atoms with Crippen molar-refractivity contribution in [1.29, 1.82) is 0 Å². The molecule has 1 amide bonds. The van der Waals surface area contributed by atoms with Gasteiger partial charge in [-0.2, -0.15) is 4.31 Å². The highest BCUT2D eigenvalue weighted by Crippen LogP contribution is 2.44. The van der Waals surface area contributed by atoms with E-state index in [-0.39, 0.29) is 18.9 Å². The zero-order chi connectivity index (χ0) is 27.9. The quantitative estimate of drug-likeness (QED) is 0.174. The van der Waals surface area contributed by atoms with Crippen molar-refractivity contribution in [3.05, 3.63) is 52.7 Å². The van der Waals surface area contributed by atoms with E-state index in [0.717, 1.165) is 61.6 Å². The number of hydrogen-bond acceptors (Lipinski definition) is 6. The lowest BCUT2D eigenvalue weighted by Gasteiger charge is -2.17. The van der Waals surface area contributed by atoms with E-state index in [1.807, 2.05) is 37.3 Å². The lowest BCUT2D eigenvalue weighted by Crippen LogP contribution is -2.24. The van der Waals surface area contributed by atoms with Crippen LogP contribution in [-0.2, 0) is 22.2 Å². The number of benzene rings is 1. The summed E-state index contributed by atoms with van der Waals surface area (Å²) in [5, 5.41) is 12.1. The minimum atomic E-state index is -2.80. The van der Waals surface area contributed by atoms with Gasteiger partial charge in [-0.3, -0.25) is 9.59 Å². The predicted molar refractivity (Wildman–Crippen MR) is 150 cm³/mol. The fraction of sp³-hybridized carbons (Fsp3) is 0.483. The van der Waals surface area contributed by atoms with E-state index in [1.165, 1.54) is 4.31 Å². The Kier molecular flexibility index (Phi) is 9.74. The average molecular weight is 556 g/mol. The summed E-state index contributed by atoms with van der Waals surface area (Å²) in [4.78, 5) is 28.3. The number of nitrogens with one attached hydrogen (secondary N) is 1. The van der Waals surface area contributed by atoms with Crippen LogP contribution in [0.1, 0.15) is 90.9 Å². The molecule has 210 valence electrons. The summed E-state index contributed by atoms with van der Waals surface area (Å²) in [5.41, 5.74) is 4.28. The molecule has 2 aromatic heterocycles. The molecule has 10 heteroatoms. The van der Waals surface area contributed by atoms with Gasteiger partial charge in [-0.25, -0.2) is 13.4 Å². The number of aromatic nitrogens is 1. The topological polar surface area (TPSA) is 130 Å². The van der Waals surface area contributed by atoms with Crippen LogP contribution in [-0.4, -0.2) is 48.3 Å². The number of amides is 1. The Bertz CT molecular complexity index is 1380. The molecule has 9 nitrogen and oxygen atoms in total. The summed E-state index contributed by atoms with van der Waals surface area (Å²) in [7, 11) is -1.21. The molecular weight excluding hydrogens is 518 g/mol. The second-order valence-corrected chi connectivity index (χ2v) is 11.3. The van der Waals surface area contributed by atoms with E-state index >= 15 is 0 Å². The molecule has 4 rings (SSSR count). The molecule has 0 spiro atoms. The fourth-order valence-corrected chi connectivity index (χ4v) is 5.43. The van der Waals surface area contributed by atoms with E-state index in [2.05, 4.69) is 5.32 Å². The highest BCUT2D eigenvalue weighted by molar-refractivity contribution is 7.69. The van der Waals surface area contributed by atoms with Crippen molar-refractivity contribution >= 4 is 33.9 Å². The molecule has 1 fully saturated rings. The maximum atomic E-state index is 12.9. The van der Waals surface area contributed by atoms with Crippen LogP contribution in [0.3, 0.4) is 0 Å². The lowest BCUT2D eigenvalue weighted by molar-refractivity contribution is -0.137. The minimum absolute atomic E-state index is 0.162. The molecule has 0 atom stereocenters. The maximum absolute atomic E-state index is 12.9. The molecule has 0 bridgehead atoms. The molecule has 0 saturated heterocycles. The number of furan rings is 1. The zero-order valence-corrected chi connectivity index (χ0v) is 23.5. The Morgan fingerprint density at radius 3 is 2.36 bits per heavy atom. The van der Waals surface area contributed by atoms with Gasteiger partial charge in [0, 0.05) is 25.6 Å². The molecule has 1 aliphatic carbocycles. The van der Waals surface area contributed by atoms with Gasteiger partial charge < -0.3 is 14.8 Å². The van der Waals surface area contributed by atoms with Crippen LogP contribution in [0.2, 0.25) is 0 Å². The van der Waals surface area contributed by atoms with Crippen molar-refractivity contribution in [2.24, 2.45) is 0 Å². The van der Waals surface area contributed by atoms with Crippen LogP contribution < -0.4 is 5.32 Å². The van der Waals surface area contributed by atoms with Gasteiger partial charge in [-0.05, 0) is 50.2 Å². The number of aryl methyl sites for hydroxylation is 1. The van der Waals surface area contributed by atoms with E-state index in [9.17, 15) is 18.0 Å². The molecule has 3 aromatic rings. The summed E-state index contributed by atoms with van der Waals surface area (Å²) in [5.74, 6) is -0.281. The van der Waals surface area contributed by atoms with Gasteiger partial charge in [0.25, 0.3) is 5.91 Å². The molecule has 2 heterocycles. The summed E-state index contributed by atoms with van der Waals surface area (Å²) in [6.07, 6.45) is 7.22. The third-order valence-corrected chi connectivity index (χ3v) is 8.00. The monoisotopic (exact) mass is 555 g/mol. The van der Waals surface area contributed by atoms with Crippen molar-refractivity contribution < 1.29 is 27.5 Å². The van der Waals surface area contributed by atoms with Crippen molar-refractivity contribution in [3.8, 4) is 11.3 Å². The van der Waals surface area contributed by atoms with Gasteiger partial charge in [-0.15, -0.1) is 0 Å². The number of thiol groups is 1. The third-order valence-electron chi connectivity index (χ3n) is 7.20. The van der Waals surface area contributed by atoms with Gasteiger partial charge in [0.1, 0.15) is 5.76 Å². The second kappa shape index (κ2) is 13.2. The van der Waals surface area contributed by atoms with E-state index in [4.69, 9.17) is 14.5 Å². The standard InChI is InChI=1S/C29H37N3O6S/c1-19-10-12-21(13-11-19)27-26(28(35)30-2)23-17-22(20-14-15-20)24(31-29(23)38-27)18-32(39(36)37)16-8-6-4-3-5-7-9-25(33)34/h10-13,17,20,39H,3-9,14-16,18H2,1-2H3,(H,30,35)(H,33,34). The number of carbonyl (C=O) groups is 2. The number of nitrogens with zero attached hydrogens (tertiary/aromatic N) is 2. The summed E-state index contributed by atoms with van der Waals surface area (Å²) >= 11 is 0. The number of pyridine rings is 1. The predicted octanol–water partition coefficient (Wildman–Crippen LogP) is 5.18. The summed E-state index contributed by atoms with van der Waals surface area (Å²) < 4.78 is 31.9. The molecule has 0 aliphatic heterocycles. The largest absolute Gasteiger partial charge is 0.481 e. The van der Waals surface area contributed by atoms with Crippen LogP contribution in [0.15, 0.2) is 34.7 Å². The number of rotatable bonds is 15. The Balaban J connectivity index is 1.54. The molecule has 39 heavy (non-hydrogen) atoms. The number of hydrogen-bond donors (Lipinski definition) is 3. The minimum Gasteiger partial charge on any atom is -0.481 e. The zero-order valence-electron chi connectivity index (χ0n) is 22.6. The first-order valence-corrected chi connectivity index (χ1v) is 14.8. The van der Waals surface area contributed by atoms with Crippen LogP contribution in [0.25, 0.3) is 22.4 Å². The highest BCUT2D eigenvalue weighted by atomic mass is 32.2. The van der Waals surface area contributed by atoms with Crippen LogP contribution >= 0.6 is 0 Å². The number of carboxylic acids is 1. The van der Waals surface area contributed by atoms with Gasteiger partial charge in [0.05, 0.1) is 23.2 Å². The van der Waals surface area contributed by atoms with E-state index < -0.39 is 16.9 Å². The average Bonchev–Trinajstić information content (AvgIpc) is 3.69. The van der Waals surface area contributed by atoms with Crippen molar-refractivity contribution in [1.82, 2.24) is 14.6 Å². The van der Waals surface area contributed by atoms with Gasteiger partial charge in [0.15, 0.2) is 0 Å². The second-order valence-electron chi connectivity index (χ2n) is 10.3. The maximum Gasteiger partial charge on any atom is 0.303 e. The smallest absolute Gasteiger partial charge is 0.303 e. The van der Waals surface area contributed by atoms with Crippen molar-refractivity contribution in [2.75, 3.05) is 13.6 Å². The highest BCUT2D eigenvalue weighted by Gasteiger charge is 2.31. The normalized spacial score (nSPS) is 13.4. The van der Waals surface area contributed by atoms with Crippen molar-refractivity contribution in [2.45, 2.75) is 77.2 Å². The Hall–Kier alpha value is -3.24. The van der Waals surface area contributed by atoms with E-state index in [0.29, 0.717) is 47.0 Å².